The van der Waals surface area contributed by atoms with Crippen molar-refractivity contribution in [1.82, 2.24) is 4.98 Å². The highest BCUT2D eigenvalue weighted by Crippen LogP contribution is 2.22. The fraction of sp³-hybridized carbons (Fsp3) is 0.308. The highest BCUT2D eigenvalue weighted by molar-refractivity contribution is 5.38. The molecule has 0 aliphatic heterocycles. The first kappa shape index (κ1) is 11.5. The van der Waals surface area contributed by atoms with Crippen LogP contribution in [0.3, 0.4) is 0 Å². The van der Waals surface area contributed by atoms with Gasteiger partial charge in [-0.3, -0.25) is 0 Å². The summed E-state index contributed by atoms with van der Waals surface area (Å²) in [5, 5.41) is 0. The summed E-state index contributed by atoms with van der Waals surface area (Å²) in [7, 11) is 1.69. The molecule has 2 aromatic rings. The van der Waals surface area contributed by atoms with Crippen LogP contribution in [0.25, 0.3) is 0 Å². The van der Waals surface area contributed by atoms with E-state index in [-0.39, 0.29) is 6.01 Å². The van der Waals surface area contributed by atoms with Gasteiger partial charge in [0.25, 0.3) is 6.01 Å². The van der Waals surface area contributed by atoms with Crippen molar-refractivity contribution in [3.8, 4) is 5.75 Å². The Morgan fingerprint density at radius 2 is 2.24 bits per heavy atom. The van der Waals surface area contributed by atoms with Crippen molar-refractivity contribution in [2.45, 2.75) is 19.8 Å². The molecule has 0 spiro atoms. The lowest BCUT2D eigenvalue weighted by Crippen LogP contribution is -1.93. The van der Waals surface area contributed by atoms with Crippen LogP contribution in [0.2, 0.25) is 0 Å². The van der Waals surface area contributed by atoms with E-state index in [0.717, 1.165) is 17.9 Å². The van der Waals surface area contributed by atoms with Gasteiger partial charge < -0.3 is 14.9 Å². The Morgan fingerprint density at radius 1 is 1.41 bits per heavy atom. The van der Waals surface area contributed by atoms with Crippen molar-refractivity contribution in [2.75, 3.05) is 12.8 Å². The number of nitrogens with two attached hydrogens (primary N) is 1. The molecular weight excluding hydrogens is 216 g/mol. The normalized spacial score (nSPS) is 10.5. The second-order valence-electron chi connectivity index (χ2n) is 3.84. The van der Waals surface area contributed by atoms with Crippen molar-refractivity contribution >= 4 is 6.01 Å². The maximum atomic E-state index is 5.44. The predicted octanol–water partition coefficient (Wildman–Crippen LogP) is 2.42. The first-order chi connectivity index (χ1) is 8.22. The summed E-state index contributed by atoms with van der Waals surface area (Å²) in [4.78, 5) is 3.88. The van der Waals surface area contributed by atoms with E-state index < -0.39 is 0 Å². The lowest BCUT2D eigenvalue weighted by Gasteiger charge is -2.08. The average Bonchev–Trinajstić information content (AvgIpc) is 2.74. The first-order valence-electron chi connectivity index (χ1n) is 5.59. The molecule has 0 unspecified atom stereocenters. The van der Waals surface area contributed by atoms with Crippen LogP contribution in [-0.4, -0.2) is 12.1 Å². The summed E-state index contributed by atoms with van der Waals surface area (Å²) in [6.45, 7) is 2.11. The first-order valence-corrected chi connectivity index (χ1v) is 5.59. The van der Waals surface area contributed by atoms with Crippen LogP contribution >= 0.6 is 0 Å². The van der Waals surface area contributed by atoms with E-state index in [2.05, 4.69) is 18.0 Å². The molecule has 2 N–H and O–H groups in total. The Labute approximate surface area is 100 Å². The highest BCUT2D eigenvalue weighted by atomic mass is 16.5. The van der Waals surface area contributed by atoms with Gasteiger partial charge in [-0.2, -0.15) is 0 Å². The molecule has 1 heterocycles. The quantitative estimate of drug-likeness (QED) is 0.879. The van der Waals surface area contributed by atoms with Gasteiger partial charge in [0, 0.05) is 6.42 Å². The van der Waals surface area contributed by atoms with Crippen LogP contribution in [0.1, 0.15) is 23.8 Å². The lowest BCUT2D eigenvalue weighted by molar-refractivity contribution is 0.410. The summed E-state index contributed by atoms with van der Waals surface area (Å²) >= 11 is 0. The van der Waals surface area contributed by atoms with Crippen LogP contribution in [0.4, 0.5) is 6.01 Å². The van der Waals surface area contributed by atoms with Gasteiger partial charge in [-0.1, -0.05) is 19.1 Å². The fourth-order valence-electron chi connectivity index (χ4n) is 1.82. The van der Waals surface area contributed by atoms with Gasteiger partial charge in [0.1, 0.15) is 11.5 Å². The summed E-state index contributed by atoms with van der Waals surface area (Å²) in [6, 6.07) is 6.34. The van der Waals surface area contributed by atoms with Crippen molar-refractivity contribution in [2.24, 2.45) is 0 Å². The van der Waals surface area contributed by atoms with Crippen LogP contribution < -0.4 is 10.5 Å². The van der Waals surface area contributed by atoms with Gasteiger partial charge in [-0.05, 0) is 23.6 Å². The Hall–Kier alpha value is -1.97. The summed E-state index contributed by atoms with van der Waals surface area (Å²) in [6.07, 6.45) is 3.29. The molecule has 90 valence electrons. The van der Waals surface area contributed by atoms with Crippen LogP contribution in [-0.2, 0) is 12.8 Å². The summed E-state index contributed by atoms with van der Waals surface area (Å²) in [5.41, 5.74) is 7.79. The van der Waals surface area contributed by atoms with Crippen LogP contribution in [0, 0.1) is 0 Å². The van der Waals surface area contributed by atoms with Crippen LogP contribution in [0.5, 0.6) is 5.75 Å². The van der Waals surface area contributed by atoms with E-state index >= 15 is 0 Å². The van der Waals surface area contributed by atoms with E-state index in [1.165, 1.54) is 11.1 Å². The van der Waals surface area contributed by atoms with Crippen LogP contribution in [0.15, 0.2) is 28.8 Å². The van der Waals surface area contributed by atoms with E-state index in [1.54, 1.807) is 13.3 Å². The van der Waals surface area contributed by atoms with Crippen molar-refractivity contribution in [3.63, 3.8) is 0 Å². The number of ether oxygens (including phenoxy) is 1. The van der Waals surface area contributed by atoms with Crippen molar-refractivity contribution < 1.29 is 9.15 Å². The number of anilines is 1. The summed E-state index contributed by atoms with van der Waals surface area (Å²) < 4.78 is 10.5. The number of hydrogen-bond donors (Lipinski definition) is 1. The molecule has 0 amide bonds. The maximum absolute atomic E-state index is 5.44. The number of methoxy groups -OCH3 is 1. The largest absolute Gasteiger partial charge is 0.496 e. The molecule has 0 aliphatic rings. The Morgan fingerprint density at radius 3 is 2.82 bits per heavy atom. The second kappa shape index (κ2) is 4.91. The zero-order chi connectivity index (χ0) is 12.3. The molecule has 0 saturated carbocycles. The molecule has 17 heavy (non-hydrogen) atoms. The minimum atomic E-state index is 0.212. The minimum Gasteiger partial charge on any atom is -0.496 e. The Kier molecular flexibility index (Phi) is 3.32. The number of hydrogen-bond acceptors (Lipinski definition) is 4. The van der Waals surface area contributed by atoms with Gasteiger partial charge in [-0.15, -0.1) is 0 Å². The molecule has 0 fully saturated rings. The molecule has 0 saturated heterocycles. The number of oxazole rings is 1. The van der Waals surface area contributed by atoms with Gasteiger partial charge in [0.2, 0.25) is 0 Å². The maximum Gasteiger partial charge on any atom is 0.292 e. The SMILES string of the molecule is CCc1cc(Cc2cnc(N)o2)ccc1OC. The molecule has 0 aliphatic carbocycles. The number of nitrogens with zero attached hydrogens (tertiary/aromatic N) is 1. The van der Waals surface area contributed by atoms with E-state index in [0.29, 0.717) is 6.42 Å². The molecule has 4 heteroatoms. The van der Waals surface area contributed by atoms with Gasteiger partial charge in [-0.25, -0.2) is 4.98 Å². The van der Waals surface area contributed by atoms with Gasteiger partial charge in [0.15, 0.2) is 0 Å². The Balaban J connectivity index is 2.22. The topological polar surface area (TPSA) is 61.3 Å². The summed E-state index contributed by atoms with van der Waals surface area (Å²) in [5.74, 6) is 1.70. The number of benzene rings is 1. The number of nitrogen functional groups attached to an aromatic ring is 1. The molecular formula is C13H16N2O2. The Bertz CT molecular complexity index is 506. The third-order valence-electron chi connectivity index (χ3n) is 2.68. The molecule has 0 bridgehead atoms. The predicted molar refractivity (Wildman–Crippen MR) is 66.1 cm³/mol. The molecule has 1 aromatic carbocycles. The van der Waals surface area contributed by atoms with Gasteiger partial charge in [0.05, 0.1) is 13.3 Å². The molecule has 1 aromatic heterocycles. The number of rotatable bonds is 4. The lowest BCUT2D eigenvalue weighted by atomic mass is 10.0. The van der Waals surface area contributed by atoms with E-state index in [9.17, 15) is 0 Å². The molecule has 2 rings (SSSR count). The van der Waals surface area contributed by atoms with E-state index in [4.69, 9.17) is 14.9 Å². The monoisotopic (exact) mass is 232 g/mol. The van der Waals surface area contributed by atoms with E-state index in [1.807, 2.05) is 12.1 Å². The van der Waals surface area contributed by atoms with Crippen molar-refractivity contribution in [3.05, 3.63) is 41.3 Å². The third kappa shape index (κ3) is 2.58. The second-order valence-corrected chi connectivity index (χ2v) is 3.84. The fourth-order valence-corrected chi connectivity index (χ4v) is 1.82. The van der Waals surface area contributed by atoms with Gasteiger partial charge >= 0.3 is 0 Å². The number of aromatic nitrogens is 1. The third-order valence-corrected chi connectivity index (χ3v) is 2.68. The zero-order valence-corrected chi connectivity index (χ0v) is 10.1. The molecule has 4 nitrogen and oxygen atoms in total. The minimum absolute atomic E-state index is 0.212. The molecule has 0 atom stereocenters. The van der Waals surface area contributed by atoms with Crippen molar-refractivity contribution in [1.29, 1.82) is 0 Å². The standard InChI is InChI=1S/C13H16N2O2/c1-3-10-6-9(4-5-12(10)16-2)7-11-8-15-13(14)17-11/h4-6,8H,3,7H2,1-2H3,(H2,14,15). The number of aryl methyl sites for hydroxylation is 1. The molecule has 0 radical (unpaired) electrons. The highest BCUT2D eigenvalue weighted by Gasteiger charge is 2.06. The smallest absolute Gasteiger partial charge is 0.292 e. The zero-order valence-electron chi connectivity index (χ0n) is 10.1. The average molecular weight is 232 g/mol.